The molecule has 78 valence electrons. The summed E-state index contributed by atoms with van der Waals surface area (Å²) in [6.07, 6.45) is 2.46. The Kier molecular flexibility index (Phi) is 2.84. The minimum absolute atomic E-state index is 0. The lowest BCUT2D eigenvalue weighted by molar-refractivity contribution is 0.0230. The summed E-state index contributed by atoms with van der Waals surface area (Å²) in [5.74, 6) is 0.619. The van der Waals surface area contributed by atoms with Crippen molar-refractivity contribution in [2.24, 2.45) is 17.1 Å². The van der Waals surface area contributed by atoms with Crippen LogP contribution in [0.5, 0.6) is 0 Å². The van der Waals surface area contributed by atoms with Crippen LogP contribution < -0.4 is 5.73 Å². The third kappa shape index (κ3) is 3.25. The van der Waals surface area contributed by atoms with Crippen LogP contribution in [0.3, 0.4) is 0 Å². The predicted molar refractivity (Wildman–Crippen MR) is 53.4 cm³/mol. The Morgan fingerprint density at radius 2 is 2.15 bits per heavy atom. The molecule has 0 aromatic heterocycles. The zero-order chi connectivity index (χ0) is 10.1. The van der Waals surface area contributed by atoms with Gasteiger partial charge in [0.15, 0.2) is 0 Å². The van der Waals surface area contributed by atoms with Crippen molar-refractivity contribution in [2.75, 3.05) is 0 Å². The number of nitrogens with two attached hydrogens (primary N) is 1. The van der Waals surface area contributed by atoms with Crippen LogP contribution in [0.4, 0.5) is 4.79 Å². The topological polar surface area (TPSA) is 52.3 Å². The van der Waals surface area contributed by atoms with Gasteiger partial charge in [-0.2, -0.15) is 0 Å². The van der Waals surface area contributed by atoms with Gasteiger partial charge in [0.2, 0.25) is 0 Å². The summed E-state index contributed by atoms with van der Waals surface area (Å²) in [6.45, 7) is 6.61. The summed E-state index contributed by atoms with van der Waals surface area (Å²) in [6, 6.07) is 0. The van der Waals surface area contributed by atoms with Crippen molar-refractivity contribution < 1.29 is 11.0 Å². The minimum atomic E-state index is -0.644. The first-order chi connectivity index (χ1) is 5.89. The number of amides is 1. The average molecular weight is 187 g/mol. The first-order valence-corrected chi connectivity index (χ1v) is 4.85. The smallest absolute Gasteiger partial charge is 0.404 e. The van der Waals surface area contributed by atoms with E-state index in [2.05, 4.69) is 20.8 Å². The summed E-state index contributed by atoms with van der Waals surface area (Å²) < 4.78 is 5.04. The fourth-order valence-corrected chi connectivity index (χ4v) is 2.51. The zero-order valence-corrected chi connectivity index (χ0v) is 8.67. The van der Waals surface area contributed by atoms with Gasteiger partial charge in [0.05, 0.1) is 0 Å². The monoisotopic (exact) mass is 187 g/mol. The second-order valence-electron chi connectivity index (χ2n) is 4.97. The summed E-state index contributed by atoms with van der Waals surface area (Å²) >= 11 is 0. The quantitative estimate of drug-likeness (QED) is 0.685. The number of carbonyl (C=O) groups is 1. The van der Waals surface area contributed by atoms with E-state index in [0.29, 0.717) is 5.92 Å². The average Bonchev–Trinajstić information content (AvgIpc) is 1.78. The van der Waals surface area contributed by atoms with E-state index in [-0.39, 0.29) is 12.9 Å². The van der Waals surface area contributed by atoms with Gasteiger partial charge in [0.1, 0.15) is 6.10 Å². The van der Waals surface area contributed by atoms with Crippen molar-refractivity contribution in [1.82, 2.24) is 0 Å². The van der Waals surface area contributed by atoms with Crippen molar-refractivity contribution in [3.8, 4) is 0 Å². The Hall–Kier alpha value is -0.730. The molecule has 1 saturated carbocycles. The molecule has 1 amide bonds. The van der Waals surface area contributed by atoms with Gasteiger partial charge in [-0.1, -0.05) is 20.8 Å². The summed E-state index contributed by atoms with van der Waals surface area (Å²) in [5.41, 5.74) is 5.27. The molecule has 1 aliphatic rings. The molecule has 0 aromatic carbocycles. The highest BCUT2D eigenvalue weighted by Gasteiger charge is 2.33. The van der Waals surface area contributed by atoms with Crippen LogP contribution in [0.1, 0.15) is 41.5 Å². The fourth-order valence-electron chi connectivity index (χ4n) is 2.51. The molecule has 1 aliphatic carbocycles. The zero-order valence-electron chi connectivity index (χ0n) is 8.67. The number of primary amides is 1. The molecule has 0 aromatic rings. The predicted octanol–water partition coefficient (Wildman–Crippen LogP) is 2.54. The molecule has 0 bridgehead atoms. The third-order valence-electron chi connectivity index (χ3n) is 2.63. The van der Waals surface area contributed by atoms with Crippen molar-refractivity contribution in [3.63, 3.8) is 0 Å². The molecule has 0 saturated heterocycles. The third-order valence-corrected chi connectivity index (χ3v) is 2.63. The standard InChI is InChI=1S/C10H19NO2.H2/c1-7-4-8(13-9(11)12)6-10(2,3)5-7;/h7-8H,4-6H2,1-3H3,(H2,11,12);1H. The van der Waals surface area contributed by atoms with Gasteiger partial charge in [-0.3, -0.25) is 0 Å². The molecule has 3 nitrogen and oxygen atoms in total. The van der Waals surface area contributed by atoms with E-state index in [1.54, 1.807) is 0 Å². The number of hydrogen-bond acceptors (Lipinski definition) is 2. The highest BCUT2D eigenvalue weighted by Crippen LogP contribution is 2.39. The van der Waals surface area contributed by atoms with Crippen LogP contribution in [0.2, 0.25) is 0 Å². The SMILES string of the molecule is CC1CC(OC(N)=O)CC(C)(C)C1.[HH]. The van der Waals surface area contributed by atoms with E-state index in [0.717, 1.165) is 12.8 Å². The molecule has 1 rings (SSSR count). The van der Waals surface area contributed by atoms with E-state index in [4.69, 9.17) is 10.5 Å². The number of rotatable bonds is 1. The maximum atomic E-state index is 10.6. The highest BCUT2D eigenvalue weighted by molar-refractivity contribution is 5.64. The Morgan fingerprint density at radius 1 is 1.54 bits per heavy atom. The van der Waals surface area contributed by atoms with Crippen molar-refractivity contribution in [1.29, 1.82) is 0 Å². The maximum Gasteiger partial charge on any atom is 0.404 e. The second kappa shape index (κ2) is 3.56. The van der Waals surface area contributed by atoms with Crippen molar-refractivity contribution in [3.05, 3.63) is 0 Å². The highest BCUT2D eigenvalue weighted by atomic mass is 16.6. The maximum absolute atomic E-state index is 10.6. The summed E-state index contributed by atoms with van der Waals surface area (Å²) in [4.78, 5) is 10.6. The van der Waals surface area contributed by atoms with Crippen LogP contribution in [0.15, 0.2) is 0 Å². The lowest BCUT2D eigenvalue weighted by Gasteiger charge is -2.38. The first kappa shape index (κ1) is 10.4. The lowest BCUT2D eigenvalue weighted by atomic mass is 9.71. The van der Waals surface area contributed by atoms with Gasteiger partial charge < -0.3 is 10.5 Å². The summed E-state index contributed by atoms with van der Waals surface area (Å²) in [7, 11) is 0. The van der Waals surface area contributed by atoms with Crippen LogP contribution in [-0.4, -0.2) is 12.2 Å². The first-order valence-electron chi connectivity index (χ1n) is 4.85. The van der Waals surface area contributed by atoms with E-state index >= 15 is 0 Å². The Balaban J connectivity index is 0.00000169. The molecule has 2 atom stereocenters. The second-order valence-corrected chi connectivity index (χ2v) is 4.97. The number of hydrogen-bond donors (Lipinski definition) is 1. The van der Waals surface area contributed by atoms with Gasteiger partial charge in [-0.25, -0.2) is 4.79 Å². The molecule has 2 N–H and O–H groups in total. The van der Waals surface area contributed by atoms with Gasteiger partial charge in [0.25, 0.3) is 0 Å². The normalized spacial score (nSPS) is 32.5. The Labute approximate surface area is 81.1 Å². The van der Waals surface area contributed by atoms with Crippen LogP contribution in [0, 0.1) is 11.3 Å². The van der Waals surface area contributed by atoms with Crippen molar-refractivity contribution >= 4 is 6.09 Å². The van der Waals surface area contributed by atoms with Gasteiger partial charge in [-0.05, 0) is 30.6 Å². The van der Waals surface area contributed by atoms with Gasteiger partial charge in [0, 0.05) is 1.43 Å². The molecular formula is C10H21NO2. The van der Waals surface area contributed by atoms with Gasteiger partial charge >= 0.3 is 6.09 Å². The molecule has 1 fully saturated rings. The van der Waals surface area contributed by atoms with E-state index in [1.807, 2.05) is 0 Å². The molecule has 0 aliphatic heterocycles. The van der Waals surface area contributed by atoms with E-state index in [9.17, 15) is 4.79 Å². The van der Waals surface area contributed by atoms with E-state index in [1.165, 1.54) is 6.42 Å². The van der Waals surface area contributed by atoms with Gasteiger partial charge in [-0.15, -0.1) is 0 Å². The number of ether oxygens (including phenoxy) is 1. The summed E-state index contributed by atoms with van der Waals surface area (Å²) in [5, 5.41) is 0. The molecular weight excluding hydrogens is 166 g/mol. The van der Waals surface area contributed by atoms with Crippen LogP contribution in [-0.2, 0) is 4.74 Å². The molecule has 0 heterocycles. The molecule has 2 unspecified atom stereocenters. The number of carbonyl (C=O) groups excluding carboxylic acids is 1. The van der Waals surface area contributed by atoms with Crippen molar-refractivity contribution in [2.45, 2.75) is 46.1 Å². The Morgan fingerprint density at radius 3 is 2.62 bits per heavy atom. The largest absolute Gasteiger partial charge is 0.446 e. The van der Waals surface area contributed by atoms with E-state index < -0.39 is 6.09 Å². The Bertz CT molecular complexity index is 206. The molecule has 0 radical (unpaired) electrons. The minimum Gasteiger partial charge on any atom is -0.446 e. The lowest BCUT2D eigenvalue weighted by Crippen LogP contribution is -2.35. The van der Waals surface area contributed by atoms with Crippen LogP contribution in [0.25, 0.3) is 0 Å². The molecule has 3 heteroatoms. The molecule has 0 spiro atoms. The molecule has 13 heavy (non-hydrogen) atoms. The fraction of sp³-hybridized carbons (Fsp3) is 0.900. The van der Waals surface area contributed by atoms with Crippen LogP contribution >= 0.6 is 0 Å².